The zero-order valence-electron chi connectivity index (χ0n) is 15.6. The van der Waals surface area contributed by atoms with Gasteiger partial charge in [-0.2, -0.15) is 10.1 Å². The summed E-state index contributed by atoms with van der Waals surface area (Å²) < 4.78 is 13.8. The highest BCUT2D eigenvalue weighted by atomic mass is 16.5. The first kappa shape index (κ1) is 17.3. The summed E-state index contributed by atoms with van der Waals surface area (Å²) in [5.41, 5.74) is 0.667. The van der Waals surface area contributed by atoms with Crippen LogP contribution in [0.15, 0.2) is 24.8 Å². The molecule has 0 amide bonds. The van der Waals surface area contributed by atoms with Gasteiger partial charge in [-0.3, -0.25) is 9.67 Å². The minimum absolute atomic E-state index is 0.408. The highest BCUT2D eigenvalue weighted by molar-refractivity contribution is 5.40. The van der Waals surface area contributed by atoms with Gasteiger partial charge >= 0.3 is 0 Å². The van der Waals surface area contributed by atoms with Crippen molar-refractivity contribution in [2.75, 3.05) is 31.2 Å². The number of aromatic nitrogens is 4. The van der Waals surface area contributed by atoms with Crippen LogP contribution in [0, 0.1) is 5.92 Å². The van der Waals surface area contributed by atoms with Gasteiger partial charge in [0, 0.05) is 25.4 Å². The Kier molecular flexibility index (Phi) is 4.80. The predicted molar refractivity (Wildman–Crippen MR) is 98.2 cm³/mol. The van der Waals surface area contributed by atoms with Gasteiger partial charge in [0.1, 0.15) is 5.60 Å². The van der Waals surface area contributed by atoms with E-state index in [1.54, 1.807) is 17.1 Å². The zero-order chi connectivity index (χ0) is 18.0. The summed E-state index contributed by atoms with van der Waals surface area (Å²) in [4.78, 5) is 11.2. The number of aryl methyl sites for hydroxylation is 1. The lowest BCUT2D eigenvalue weighted by molar-refractivity contribution is -0.0468. The molecule has 0 bridgehead atoms. The molecular formula is C19H27N5O2. The normalized spacial score (nSPS) is 24.2. The molecule has 1 unspecified atom stereocenters. The maximum atomic E-state index is 6.09. The minimum atomic E-state index is -0.408. The number of rotatable bonds is 5. The second-order valence-corrected chi connectivity index (χ2v) is 7.58. The van der Waals surface area contributed by atoms with Gasteiger partial charge in [-0.1, -0.05) is 12.8 Å². The third-order valence-electron chi connectivity index (χ3n) is 5.46. The molecule has 4 rings (SSSR count). The van der Waals surface area contributed by atoms with Crippen LogP contribution in [0.4, 0.5) is 5.82 Å². The summed E-state index contributed by atoms with van der Waals surface area (Å²) in [6, 6.07) is 0. The van der Waals surface area contributed by atoms with Crippen molar-refractivity contribution in [3.05, 3.63) is 30.4 Å². The van der Waals surface area contributed by atoms with Gasteiger partial charge in [-0.25, -0.2) is 0 Å². The smallest absolute Gasteiger partial charge is 0.234 e. The van der Waals surface area contributed by atoms with Crippen LogP contribution in [0.1, 0.15) is 38.2 Å². The van der Waals surface area contributed by atoms with Crippen LogP contribution in [-0.2, 0) is 17.4 Å². The van der Waals surface area contributed by atoms with Crippen molar-refractivity contribution >= 4 is 5.82 Å². The van der Waals surface area contributed by atoms with E-state index in [1.807, 2.05) is 19.4 Å². The molecule has 7 heteroatoms. The number of hydrogen-bond donors (Lipinski definition) is 0. The first-order valence-electron chi connectivity index (χ1n) is 9.45. The molecule has 26 heavy (non-hydrogen) atoms. The Bertz CT molecular complexity index is 743. The van der Waals surface area contributed by atoms with Gasteiger partial charge in [0.15, 0.2) is 5.82 Å². The molecule has 2 fully saturated rings. The fourth-order valence-corrected chi connectivity index (χ4v) is 3.87. The van der Waals surface area contributed by atoms with E-state index in [-0.39, 0.29) is 0 Å². The summed E-state index contributed by atoms with van der Waals surface area (Å²) in [5, 5.41) is 4.28. The molecule has 1 saturated heterocycles. The maximum absolute atomic E-state index is 6.09. The van der Waals surface area contributed by atoms with E-state index < -0.39 is 5.60 Å². The molecule has 2 aliphatic rings. The first-order chi connectivity index (χ1) is 12.6. The van der Waals surface area contributed by atoms with E-state index in [2.05, 4.69) is 26.9 Å². The predicted octanol–water partition coefficient (Wildman–Crippen LogP) is 2.53. The Morgan fingerprint density at radius 2 is 2.12 bits per heavy atom. The molecule has 7 nitrogen and oxygen atoms in total. The van der Waals surface area contributed by atoms with Gasteiger partial charge in [0.25, 0.3) is 0 Å². The SMILES string of the molecule is Cn1cc(C2(C)CN(c3cncc(OCC4CCCC4)n3)CCO2)cn1. The maximum Gasteiger partial charge on any atom is 0.234 e. The van der Waals surface area contributed by atoms with Crippen LogP contribution in [0.3, 0.4) is 0 Å². The van der Waals surface area contributed by atoms with Crippen LogP contribution in [-0.4, -0.2) is 46.1 Å². The average Bonchev–Trinajstić information content (AvgIpc) is 3.32. The Labute approximate surface area is 154 Å². The van der Waals surface area contributed by atoms with E-state index in [0.29, 0.717) is 24.9 Å². The second kappa shape index (κ2) is 7.23. The molecule has 3 heterocycles. The van der Waals surface area contributed by atoms with E-state index in [0.717, 1.165) is 24.5 Å². The Morgan fingerprint density at radius 3 is 2.88 bits per heavy atom. The monoisotopic (exact) mass is 357 g/mol. The minimum Gasteiger partial charge on any atom is -0.476 e. The van der Waals surface area contributed by atoms with Crippen LogP contribution < -0.4 is 9.64 Å². The molecule has 2 aromatic rings. The summed E-state index contributed by atoms with van der Waals surface area (Å²) in [6.07, 6.45) is 12.6. The van der Waals surface area contributed by atoms with Crippen molar-refractivity contribution < 1.29 is 9.47 Å². The quantitative estimate of drug-likeness (QED) is 0.819. The molecule has 2 aromatic heterocycles. The summed E-state index contributed by atoms with van der Waals surface area (Å²) in [6.45, 7) is 4.98. The molecule has 1 aliphatic heterocycles. The van der Waals surface area contributed by atoms with Crippen molar-refractivity contribution in [3.63, 3.8) is 0 Å². The topological polar surface area (TPSA) is 65.3 Å². The standard InChI is InChI=1S/C19H27N5O2/c1-19(16-9-21-23(2)12-16)14-24(7-8-26-19)17-10-20-11-18(22-17)25-13-15-5-3-4-6-15/h9-12,15H,3-8,13-14H2,1-2H3. The molecule has 1 saturated carbocycles. The number of ether oxygens (including phenoxy) is 2. The fourth-order valence-electron chi connectivity index (χ4n) is 3.87. The molecule has 0 radical (unpaired) electrons. The van der Waals surface area contributed by atoms with Gasteiger partial charge in [-0.15, -0.1) is 0 Å². The second-order valence-electron chi connectivity index (χ2n) is 7.58. The molecule has 1 aliphatic carbocycles. The third kappa shape index (κ3) is 3.67. The van der Waals surface area contributed by atoms with Crippen LogP contribution >= 0.6 is 0 Å². The number of hydrogen-bond acceptors (Lipinski definition) is 6. The van der Waals surface area contributed by atoms with E-state index in [9.17, 15) is 0 Å². The molecule has 0 N–H and O–H groups in total. The molecule has 140 valence electrons. The van der Waals surface area contributed by atoms with E-state index in [1.165, 1.54) is 25.7 Å². The summed E-state index contributed by atoms with van der Waals surface area (Å²) >= 11 is 0. The molecule has 1 atom stereocenters. The summed E-state index contributed by atoms with van der Waals surface area (Å²) in [7, 11) is 1.92. The fraction of sp³-hybridized carbons (Fsp3) is 0.632. The lowest BCUT2D eigenvalue weighted by Gasteiger charge is -2.40. The van der Waals surface area contributed by atoms with Gasteiger partial charge < -0.3 is 14.4 Å². The largest absolute Gasteiger partial charge is 0.476 e. The number of nitrogens with zero attached hydrogens (tertiary/aromatic N) is 5. The average molecular weight is 357 g/mol. The Balaban J connectivity index is 1.45. The highest BCUT2D eigenvalue weighted by Gasteiger charge is 2.35. The van der Waals surface area contributed by atoms with Crippen molar-refractivity contribution in [3.8, 4) is 5.88 Å². The van der Waals surface area contributed by atoms with Crippen molar-refractivity contribution in [1.82, 2.24) is 19.7 Å². The van der Waals surface area contributed by atoms with Crippen molar-refractivity contribution in [1.29, 1.82) is 0 Å². The van der Waals surface area contributed by atoms with E-state index in [4.69, 9.17) is 9.47 Å². The van der Waals surface area contributed by atoms with Gasteiger partial charge in [-0.05, 0) is 25.7 Å². The number of anilines is 1. The van der Waals surface area contributed by atoms with Crippen LogP contribution in [0.2, 0.25) is 0 Å². The number of morpholine rings is 1. The molecule has 0 spiro atoms. The van der Waals surface area contributed by atoms with Crippen molar-refractivity contribution in [2.24, 2.45) is 13.0 Å². The van der Waals surface area contributed by atoms with Gasteiger partial charge in [0.05, 0.1) is 38.3 Å². The Hall–Kier alpha value is -2.15. The lowest BCUT2D eigenvalue weighted by atomic mass is 9.97. The van der Waals surface area contributed by atoms with Crippen LogP contribution in [0.25, 0.3) is 0 Å². The summed E-state index contributed by atoms with van der Waals surface area (Å²) in [5.74, 6) is 2.12. The molecular weight excluding hydrogens is 330 g/mol. The Morgan fingerprint density at radius 1 is 1.27 bits per heavy atom. The molecule has 0 aromatic carbocycles. The third-order valence-corrected chi connectivity index (χ3v) is 5.46. The highest BCUT2D eigenvalue weighted by Crippen LogP contribution is 2.31. The first-order valence-corrected chi connectivity index (χ1v) is 9.45. The van der Waals surface area contributed by atoms with Crippen molar-refractivity contribution in [2.45, 2.75) is 38.2 Å². The van der Waals surface area contributed by atoms with Crippen LogP contribution in [0.5, 0.6) is 5.88 Å². The van der Waals surface area contributed by atoms with Gasteiger partial charge in [0.2, 0.25) is 5.88 Å². The zero-order valence-corrected chi connectivity index (χ0v) is 15.6. The lowest BCUT2D eigenvalue weighted by Crippen LogP contribution is -2.48. The van der Waals surface area contributed by atoms with E-state index >= 15 is 0 Å².